The minimum atomic E-state index is -0.289. The van der Waals surface area contributed by atoms with E-state index >= 15 is 0 Å². The van der Waals surface area contributed by atoms with Crippen molar-refractivity contribution in [3.8, 4) is 11.5 Å². The van der Waals surface area contributed by atoms with Gasteiger partial charge < -0.3 is 45.3 Å². The summed E-state index contributed by atoms with van der Waals surface area (Å²) in [5.74, 6) is -0.165. The number of benzene rings is 1. The number of para-hydroxylation sites is 1. The molecule has 1 aliphatic heterocycles. The first-order valence-electron chi connectivity index (χ1n) is 6.13. The number of hydrogen-bond acceptors (Lipinski definition) is 5. The molecule has 4 nitrogen and oxygen atoms in total. The topological polar surface area (TPSA) is 55.7 Å². The molecule has 1 aromatic carbocycles. The number of hydrogen-bond donors (Lipinski definition) is 3. The fourth-order valence-corrected chi connectivity index (χ4v) is 3.14. The number of piperazine rings is 1. The maximum Gasteiger partial charge on any atom is 0.160 e. The average molecular weight is 297 g/mol. The Bertz CT molecular complexity index is 496. The fourth-order valence-electron chi connectivity index (χ4n) is 2.51. The lowest BCUT2D eigenvalue weighted by Gasteiger charge is -2.49. The van der Waals surface area contributed by atoms with E-state index in [1.165, 1.54) is 6.07 Å². The molecule has 1 aliphatic rings. The van der Waals surface area contributed by atoms with Crippen LogP contribution in [0.1, 0.15) is 12.5 Å². The molecule has 0 aromatic heterocycles. The van der Waals surface area contributed by atoms with Crippen LogP contribution in [-0.4, -0.2) is 44.6 Å². The van der Waals surface area contributed by atoms with Gasteiger partial charge in [-0.2, -0.15) is 0 Å². The van der Waals surface area contributed by atoms with Crippen LogP contribution in [-0.2, 0) is 19.0 Å². The average Bonchev–Trinajstić information content (AvgIpc) is 2.35. The van der Waals surface area contributed by atoms with Crippen LogP contribution >= 0.6 is 12.2 Å². The van der Waals surface area contributed by atoms with Crippen molar-refractivity contribution in [3.05, 3.63) is 23.8 Å². The van der Waals surface area contributed by atoms with Crippen LogP contribution in [0.3, 0.4) is 0 Å². The largest absolute Gasteiger partial charge is 0.504 e. The van der Waals surface area contributed by atoms with Gasteiger partial charge in [-0.25, -0.2) is 0 Å². The molecule has 1 saturated heterocycles. The third-order valence-electron chi connectivity index (χ3n) is 3.56. The third kappa shape index (κ3) is 2.91. The van der Waals surface area contributed by atoms with E-state index in [1.54, 1.807) is 12.1 Å². The van der Waals surface area contributed by atoms with Crippen molar-refractivity contribution in [2.24, 2.45) is 0 Å². The molecule has 1 atom stereocenters. The summed E-state index contributed by atoms with van der Waals surface area (Å²) in [5, 5.41) is 22.8. The predicted molar refractivity (Wildman–Crippen MR) is 81.4 cm³/mol. The highest BCUT2D eigenvalue weighted by Gasteiger charge is 2.34. The Kier molecular flexibility index (Phi) is 4.13. The highest BCUT2D eigenvalue weighted by Crippen LogP contribution is 2.33. The second kappa shape index (κ2) is 5.48. The lowest BCUT2D eigenvalue weighted by atomic mass is 9.89. The van der Waals surface area contributed by atoms with Crippen molar-refractivity contribution in [2.75, 3.05) is 19.6 Å². The summed E-state index contributed by atoms with van der Waals surface area (Å²) >= 11 is 10.3. The minimum absolute atomic E-state index is 0.0652. The van der Waals surface area contributed by atoms with Crippen molar-refractivity contribution < 1.29 is 10.2 Å². The van der Waals surface area contributed by atoms with Gasteiger partial charge in [0.2, 0.25) is 0 Å². The van der Waals surface area contributed by atoms with Gasteiger partial charge in [-0.3, -0.25) is 0 Å². The summed E-state index contributed by atoms with van der Waals surface area (Å²) in [6, 6.07) is 5.00. The van der Waals surface area contributed by atoms with E-state index in [0.29, 0.717) is 16.3 Å². The molecule has 2 rings (SSSR count). The molecule has 0 radical (unpaired) electrons. The first-order chi connectivity index (χ1) is 8.94. The Morgan fingerprint density at radius 3 is 2.95 bits per heavy atom. The molecule has 0 amide bonds. The lowest BCUT2D eigenvalue weighted by molar-refractivity contribution is 0.158. The Morgan fingerprint density at radius 1 is 1.53 bits per heavy atom. The van der Waals surface area contributed by atoms with Crippen LogP contribution in [0.2, 0.25) is 0 Å². The number of aromatic hydroxyl groups is 2. The molecule has 19 heavy (non-hydrogen) atoms. The van der Waals surface area contributed by atoms with Crippen molar-refractivity contribution >= 4 is 29.2 Å². The molecule has 0 saturated carbocycles. The summed E-state index contributed by atoms with van der Waals surface area (Å²) in [4.78, 5) is 2.01. The van der Waals surface area contributed by atoms with Gasteiger partial charge in [-0.05, 0) is 13.0 Å². The summed E-state index contributed by atoms with van der Waals surface area (Å²) in [6.45, 7) is 4.40. The van der Waals surface area contributed by atoms with Crippen LogP contribution in [0.15, 0.2) is 18.2 Å². The fraction of sp³-hybridized carbons (Fsp3) is 0.462. The van der Waals surface area contributed by atoms with Crippen molar-refractivity contribution in [1.29, 1.82) is 0 Å². The SMILES string of the molecule is CC1(Cc2cccc(O)c2O)CNCCN1C(=S)[S-]. The first kappa shape index (κ1) is 14.3. The molecular weight excluding hydrogens is 280 g/mol. The number of rotatable bonds is 2. The van der Waals surface area contributed by atoms with Crippen molar-refractivity contribution in [3.63, 3.8) is 0 Å². The smallest absolute Gasteiger partial charge is 0.160 e. The van der Waals surface area contributed by atoms with Gasteiger partial charge in [-0.15, -0.1) is 0 Å². The standard InChI is InChI=1S/C13H18N2O2S2/c1-13(8-14-5-6-15(13)12(18)19)7-9-3-2-4-10(16)11(9)17/h2-4,14,16-17H,5-8H2,1H3,(H,18,19)/p-1. The summed E-state index contributed by atoms with van der Waals surface area (Å²) in [6.07, 6.45) is 0.566. The number of phenols is 2. The second-order valence-electron chi connectivity index (χ2n) is 5.05. The monoisotopic (exact) mass is 297 g/mol. The summed E-state index contributed by atoms with van der Waals surface area (Å²) < 4.78 is 0.448. The lowest BCUT2D eigenvalue weighted by Crippen LogP contribution is -2.61. The molecule has 3 N–H and O–H groups in total. The van der Waals surface area contributed by atoms with Gasteiger partial charge in [0.05, 0.1) is 5.54 Å². The number of nitrogens with one attached hydrogen (secondary N) is 1. The third-order valence-corrected chi connectivity index (χ3v) is 4.00. The van der Waals surface area contributed by atoms with Gasteiger partial charge in [-0.1, -0.05) is 16.5 Å². The van der Waals surface area contributed by atoms with Crippen molar-refractivity contribution in [2.45, 2.75) is 18.9 Å². The molecule has 0 aliphatic carbocycles. The van der Waals surface area contributed by atoms with Gasteiger partial charge in [0.15, 0.2) is 11.5 Å². The normalized spacial score (nSPS) is 23.3. The van der Waals surface area contributed by atoms with Gasteiger partial charge in [0.25, 0.3) is 0 Å². The quantitative estimate of drug-likeness (QED) is 0.432. The number of thiocarbonyl (C=S) groups is 1. The molecule has 1 unspecified atom stereocenters. The maximum atomic E-state index is 9.92. The van der Waals surface area contributed by atoms with E-state index in [4.69, 9.17) is 24.8 Å². The summed E-state index contributed by atoms with van der Waals surface area (Å²) in [7, 11) is 0. The Balaban J connectivity index is 2.28. The zero-order chi connectivity index (χ0) is 14.0. The van der Waals surface area contributed by atoms with Crippen LogP contribution in [0.4, 0.5) is 0 Å². The zero-order valence-electron chi connectivity index (χ0n) is 10.7. The molecule has 1 heterocycles. The molecule has 1 aromatic rings. The van der Waals surface area contributed by atoms with Gasteiger partial charge in [0, 0.05) is 31.6 Å². The number of nitrogens with zero attached hydrogens (tertiary/aromatic N) is 1. The Morgan fingerprint density at radius 2 is 2.26 bits per heavy atom. The van der Waals surface area contributed by atoms with Gasteiger partial charge >= 0.3 is 0 Å². The van der Waals surface area contributed by atoms with E-state index in [2.05, 4.69) is 12.2 Å². The van der Waals surface area contributed by atoms with Crippen LogP contribution in [0.5, 0.6) is 11.5 Å². The van der Waals surface area contributed by atoms with Crippen molar-refractivity contribution in [1.82, 2.24) is 10.2 Å². The van der Waals surface area contributed by atoms with Crippen LogP contribution in [0, 0.1) is 0 Å². The molecule has 6 heteroatoms. The van der Waals surface area contributed by atoms with E-state index in [9.17, 15) is 10.2 Å². The predicted octanol–water partition coefficient (Wildman–Crippen LogP) is 1.14. The molecular formula is C13H17N2O2S2-. The molecule has 104 valence electrons. The van der Waals surface area contributed by atoms with Crippen LogP contribution < -0.4 is 5.32 Å². The second-order valence-corrected chi connectivity index (χ2v) is 6.08. The highest BCUT2D eigenvalue weighted by molar-refractivity contribution is 8.00. The molecule has 1 fully saturated rings. The van der Waals surface area contributed by atoms with Crippen LogP contribution in [0.25, 0.3) is 0 Å². The molecule has 0 spiro atoms. The first-order valence-corrected chi connectivity index (χ1v) is 6.95. The molecule has 0 bridgehead atoms. The van der Waals surface area contributed by atoms with Gasteiger partial charge in [0.1, 0.15) is 0 Å². The zero-order valence-corrected chi connectivity index (χ0v) is 12.4. The Labute approximate surface area is 123 Å². The van der Waals surface area contributed by atoms with E-state index < -0.39 is 0 Å². The Hall–Kier alpha value is -1.11. The van der Waals surface area contributed by atoms with E-state index in [0.717, 1.165) is 19.6 Å². The van der Waals surface area contributed by atoms with E-state index in [-0.39, 0.29) is 17.0 Å². The highest BCUT2D eigenvalue weighted by atomic mass is 32.1. The number of phenolic OH excluding ortho intramolecular Hbond substituents is 2. The minimum Gasteiger partial charge on any atom is -0.504 e. The summed E-state index contributed by atoms with van der Waals surface area (Å²) in [5.41, 5.74) is 0.407. The van der Waals surface area contributed by atoms with E-state index in [1.807, 2.05) is 4.90 Å². The maximum absolute atomic E-state index is 9.92.